The summed E-state index contributed by atoms with van der Waals surface area (Å²) >= 11 is 6.49. The summed E-state index contributed by atoms with van der Waals surface area (Å²) in [4.78, 5) is 10.6. The zero-order valence-corrected chi connectivity index (χ0v) is 13.2. The van der Waals surface area contributed by atoms with Crippen LogP contribution in [-0.2, 0) is 0 Å². The lowest BCUT2D eigenvalue weighted by Crippen LogP contribution is -2.16. The number of thiocarbonyl (C=S) groups is 1. The predicted octanol–water partition coefficient (Wildman–Crippen LogP) is 4.06. The van der Waals surface area contributed by atoms with Crippen molar-refractivity contribution in [2.75, 3.05) is 13.6 Å². The van der Waals surface area contributed by atoms with Crippen molar-refractivity contribution in [2.24, 2.45) is 0 Å². The number of pyridine rings is 1. The van der Waals surface area contributed by atoms with E-state index in [0.717, 1.165) is 33.6 Å². The Labute approximate surface area is 128 Å². The van der Waals surface area contributed by atoms with Gasteiger partial charge in [-0.1, -0.05) is 30.6 Å². The van der Waals surface area contributed by atoms with E-state index in [0.29, 0.717) is 0 Å². The van der Waals surface area contributed by atoms with Gasteiger partial charge in [0, 0.05) is 64.0 Å². The SMILES string of the molecule is C=C(/C(=C/c1c[nH]c2ccncc12)SC=S)N(C)CC. The summed E-state index contributed by atoms with van der Waals surface area (Å²) in [6.45, 7) is 7.15. The number of aromatic nitrogens is 2. The standard InChI is InChI=1S/C15H17N3S2/c1-4-18(3)11(2)15(20-10-19)7-12-8-17-14-5-6-16-9-13(12)14/h5-10,17H,2,4H2,1,3H3/b15-7-. The van der Waals surface area contributed by atoms with Gasteiger partial charge in [-0.15, -0.1) is 0 Å². The molecule has 0 saturated heterocycles. The fourth-order valence-electron chi connectivity index (χ4n) is 1.86. The summed E-state index contributed by atoms with van der Waals surface area (Å²) < 4.78 is 1.66. The molecule has 104 valence electrons. The average molecular weight is 303 g/mol. The van der Waals surface area contributed by atoms with Crippen LogP contribution in [0.4, 0.5) is 0 Å². The Bertz CT molecular complexity index is 658. The van der Waals surface area contributed by atoms with Gasteiger partial charge in [-0.3, -0.25) is 4.98 Å². The molecule has 3 nitrogen and oxygen atoms in total. The van der Waals surface area contributed by atoms with Crippen LogP contribution >= 0.6 is 24.0 Å². The fourth-order valence-corrected chi connectivity index (χ4v) is 2.76. The number of hydrogen-bond donors (Lipinski definition) is 1. The molecule has 2 heterocycles. The fraction of sp³-hybridized carbons (Fsp3) is 0.200. The summed E-state index contributed by atoms with van der Waals surface area (Å²) in [6.07, 6.45) is 7.73. The molecule has 0 aliphatic rings. The number of rotatable bonds is 6. The second-order valence-corrected chi connectivity index (χ2v) is 5.79. The van der Waals surface area contributed by atoms with Crippen LogP contribution in [0, 0.1) is 0 Å². The number of nitrogens with zero attached hydrogens (tertiary/aromatic N) is 2. The van der Waals surface area contributed by atoms with Crippen molar-refractivity contribution in [3.05, 3.63) is 47.4 Å². The molecule has 2 aromatic rings. The molecule has 0 radical (unpaired) electrons. The molecule has 0 aromatic carbocycles. The van der Waals surface area contributed by atoms with Crippen LogP contribution in [0.25, 0.3) is 17.0 Å². The van der Waals surface area contributed by atoms with Gasteiger partial charge in [0.05, 0.1) is 0 Å². The lowest BCUT2D eigenvalue weighted by Gasteiger charge is -2.20. The number of thioether (sulfide) groups is 1. The highest BCUT2D eigenvalue weighted by Crippen LogP contribution is 2.28. The van der Waals surface area contributed by atoms with Gasteiger partial charge in [0.15, 0.2) is 0 Å². The predicted molar refractivity (Wildman–Crippen MR) is 92.8 cm³/mol. The van der Waals surface area contributed by atoms with Crippen molar-refractivity contribution in [3.8, 4) is 0 Å². The topological polar surface area (TPSA) is 31.9 Å². The van der Waals surface area contributed by atoms with Crippen LogP contribution in [0.2, 0.25) is 0 Å². The number of fused-ring (bicyclic) bond motifs is 1. The average Bonchev–Trinajstić information content (AvgIpc) is 2.88. The Morgan fingerprint density at radius 3 is 3.10 bits per heavy atom. The number of H-pyrrole nitrogens is 1. The van der Waals surface area contributed by atoms with Gasteiger partial charge in [-0.05, 0) is 19.1 Å². The first kappa shape index (κ1) is 14.8. The molecule has 0 amide bonds. The maximum atomic E-state index is 4.98. The number of aromatic amines is 1. The first-order valence-electron chi connectivity index (χ1n) is 6.31. The van der Waals surface area contributed by atoms with Crippen LogP contribution in [0.15, 0.2) is 41.8 Å². The molecular formula is C15H17N3S2. The molecule has 1 N–H and O–H groups in total. The van der Waals surface area contributed by atoms with Crippen LogP contribution in [0.1, 0.15) is 12.5 Å². The molecule has 0 unspecified atom stereocenters. The zero-order chi connectivity index (χ0) is 14.5. The minimum atomic E-state index is 0.906. The Balaban J connectivity index is 2.42. The second-order valence-electron chi connectivity index (χ2n) is 4.35. The first-order valence-corrected chi connectivity index (χ1v) is 7.66. The number of likely N-dealkylation sites (N-methyl/N-ethyl adjacent to an activating group) is 1. The number of nitrogens with one attached hydrogen (secondary N) is 1. The lowest BCUT2D eigenvalue weighted by atomic mass is 10.2. The molecule has 2 aromatic heterocycles. The summed E-state index contributed by atoms with van der Waals surface area (Å²) in [6, 6.07) is 1.96. The highest BCUT2D eigenvalue weighted by molar-refractivity contribution is 8.23. The van der Waals surface area contributed by atoms with Crippen molar-refractivity contribution in [3.63, 3.8) is 0 Å². The molecule has 2 rings (SSSR count). The van der Waals surface area contributed by atoms with Gasteiger partial charge < -0.3 is 9.88 Å². The summed E-state index contributed by atoms with van der Waals surface area (Å²) in [5.41, 5.74) is 3.14. The highest BCUT2D eigenvalue weighted by atomic mass is 32.2. The van der Waals surface area contributed by atoms with E-state index < -0.39 is 0 Å². The molecule has 0 bridgehead atoms. The van der Waals surface area contributed by atoms with Crippen molar-refractivity contribution in [2.45, 2.75) is 6.92 Å². The maximum absolute atomic E-state index is 4.98. The van der Waals surface area contributed by atoms with Gasteiger partial charge >= 0.3 is 0 Å². The minimum absolute atomic E-state index is 0.906. The van der Waals surface area contributed by atoms with E-state index in [-0.39, 0.29) is 0 Å². The third-order valence-electron chi connectivity index (χ3n) is 3.20. The van der Waals surface area contributed by atoms with Crippen LogP contribution in [0.5, 0.6) is 0 Å². The summed E-state index contributed by atoms with van der Waals surface area (Å²) in [5.74, 6) is 0. The van der Waals surface area contributed by atoms with Gasteiger partial charge in [0.1, 0.15) is 0 Å². The molecule has 0 fully saturated rings. The van der Waals surface area contributed by atoms with Gasteiger partial charge in [0.25, 0.3) is 0 Å². The summed E-state index contributed by atoms with van der Waals surface area (Å²) in [5, 5.41) is 1.10. The number of hydrogen-bond acceptors (Lipinski definition) is 4. The van der Waals surface area contributed by atoms with E-state index in [1.165, 1.54) is 11.8 Å². The first-order chi connectivity index (χ1) is 9.67. The Morgan fingerprint density at radius 2 is 2.40 bits per heavy atom. The minimum Gasteiger partial charge on any atom is -0.374 e. The molecular weight excluding hydrogens is 286 g/mol. The smallest absolute Gasteiger partial charge is 0.0491 e. The molecule has 20 heavy (non-hydrogen) atoms. The van der Waals surface area contributed by atoms with Crippen molar-refractivity contribution < 1.29 is 0 Å². The van der Waals surface area contributed by atoms with E-state index in [1.54, 1.807) is 10.9 Å². The zero-order valence-electron chi connectivity index (χ0n) is 11.6. The molecule has 0 aliphatic heterocycles. The molecule has 5 heteroatoms. The largest absolute Gasteiger partial charge is 0.374 e. The Kier molecular flexibility index (Phi) is 4.98. The Hall–Kier alpha value is -1.59. The quantitative estimate of drug-likeness (QED) is 0.644. The van der Waals surface area contributed by atoms with Crippen LogP contribution in [0.3, 0.4) is 0 Å². The monoisotopic (exact) mass is 303 g/mol. The third-order valence-corrected chi connectivity index (χ3v) is 4.19. The van der Waals surface area contributed by atoms with Crippen molar-refractivity contribution >= 4 is 45.7 Å². The van der Waals surface area contributed by atoms with Crippen LogP contribution < -0.4 is 0 Å². The molecule has 0 aliphatic carbocycles. The van der Waals surface area contributed by atoms with Crippen LogP contribution in [-0.4, -0.2) is 33.2 Å². The van der Waals surface area contributed by atoms with E-state index in [1.807, 2.05) is 25.5 Å². The van der Waals surface area contributed by atoms with E-state index in [9.17, 15) is 0 Å². The van der Waals surface area contributed by atoms with Crippen molar-refractivity contribution in [1.29, 1.82) is 0 Å². The van der Waals surface area contributed by atoms with E-state index in [2.05, 4.69) is 34.4 Å². The van der Waals surface area contributed by atoms with E-state index in [4.69, 9.17) is 12.2 Å². The van der Waals surface area contributed by atoms with Gasteiger partial charge in [-0.25, -0.2) is 0 Å². The Morgan fingerprint density at radius 1 is 1.60 bits per heavy atom. The molecule has 0 atom stereocenters. The van der Waals surface area contributed by atoms with Crippen molar-refractivity contribution in [1.82, 2.24) is 14.9 Å². The normalized spacial score (nSPS) is 11.6. The summed E-state index contributed by atoms with van der Waals surface area (Å²) in [7, 11) is 2.02. The maximum Gasteiger partial charge on any atom is 0.0491 e. The van der Waals surface area contributed by atoms with E-state index >= 15 is 0 Å². The highest BCUT2D eigenvalue weighted by Gasteiger charge is 2.09. The molecule has 0 saturated carbocycles. The third kappa shape index (κ3) is 3.11. The van der Waals surface area contributed by atoms with Gasteiger partial charge in [0.2, 0.25) is 0 Å². The molecule has 0 spiro atoms. The van der Waals surface area contributed by atoms with Gasteiger partial charge in [-0.2, -0.15) is 0 Å². The lowest BCUT2D eigenvalue weighted by molar-refractivity contribution is 0.457. The second kappa shape index (κ2) is 6.72.